The summed E-state index contributed by atoms with van der Waals surface area (Å²) in [6.45, 7) is 0.774. The number of hydrogen-bond acceptors (Lipinski definition) is 4. The zero-order valence-electron chi connectivity index (χ0n) is 16.1. The highest BCUT2D eigenvalue weighted by Gasteiger charge is 2.34. The Morgan fingerprint density at radius 3 is 2.23 bits per heavy atom. The van der Waals surface area contributed by atoms with Crippen molar-refractivity contribution in [3.05, 3.63) is 60.2 Å². The molecule has 0 N–H and O–H groups in total. The molecule has 2 aromatic carbocycles. The van der Waals surface area contributed by atoms with E-state index in [1.807, 2.05) is 6.07 Å². The first-order valence-electron chi connectivity index (χ1n) is 9.43. The Bertz CT molecular complexity index is 874. The topological polar surface area (TPSA) is 59.1 Å². The third-order valence-electron chi connectivity index (χ3n) is 4.60. The summed E-state index contributed by atoms with van der Waals surface area (Å²) < 4.78 is 49.6. The normalized spacial score (nSPS) is 14.8. The van der Waals surface area contributed by atoms with E-state index < -0.39 is 30.3 Å². The van der Waals surface area contributed by atoms with E-state index in [1.165, 1.54) is 28.0 Å². The van der Waals surface area contributed by atoms with E-state index in [0.717, 1.165) is 6.07 Å². The number of nitrogens with zero attached hydrogens (tertiary/aromatic N) is 2. The quantitative estimate of drug-likeness (QED) is 0.752. The fourth-order valence-electron chi connectivity index (χ4n) is 3.06. The highest BCUT2D eigenvalue weighted by Crippen LogP contribution is 2.35. The molecular weight excluding hydrogens is 401 g/mol. The molecule has 0 spiro atoms. The number of para-hydroxylation sites is 2. The van der Waals surface area contributed by atoms with Gasteiger partial charge in [0, 0.05) is 26.2 Å². The maximum Gasteiger partial charge on any atom is 0.419 e. The van der Waals surface area contributed by atoms with Crippen LogP contribution in [0.4, 0.5) is 18.0 Å². The van der Waals surface area contributed by atoms with Crippen LogP contribution in [0.3, 0.4) is 0 Å². The van der Waals surface area contributed by atoms with Crippen molar-refractivity contribution in [3.8, 4) is 11.5 Å². The van der Waals surface area contributed by atoms with Gasteiger partial charge in [0.05, 0.1) is 5.56 Å². The molecule has 3 rings (SSSR count). The van der Waals surface area contributed by atoms with E-state index in [1.54, 1.807) is 24.3 Å². The first-order chi connectivity index (χ1) is 14.3. The maximum absolute atomic E-state index is 13.0. The Morgan fingerprint density at radius 1 is 0.867 bits per heavy atom. The zero-order valence-corrected chi connectivity index (χ0v) is 16.1. The molecule has 2 aromatic rings. The SMILES string of the molecule is O=C(COc1ccccc1C(F)(F)F)N1CCCN(C(=O)Oc2ccccc2)CC1. The van der Waals surface area contributed by atoms with Crippen molar-refractivity contribution in [2.24, 2.45) is 0 Å². The highest BCUT2D eigenvalue weighted by molar-refractivity contribution is 5.78. The van der Waals surface area contributed by atoms with E-state index in [2.05, 4.69) is 0 Å². The lowest BCUT2D eigenvalue weighted by atomic mass is 10.2. The predicted octanol–water partition coefficient (Wildman–Crippen LogP) is 3.82. The van der Waals surface area contributed by atoms with E-state index >= 15 is 0 Å². The van der Waals surface area contributed by atoms with Crippen LogP contribution in [0, 0.1) is 0 Å². The third kappa shape index (κ3) is 5.65. The number of ether oxygens (including phenoxy) is 2. The number of carbonyl (C=O) groups is 2. The molecule has 0 atom stereocenters. The molecule has 9 heteroatoms. The summed E-state index contributed by atoms with van der Waals surface area (Å²) in [6.07, 6.45) is -4.55. The van der Waals surface area contributed by atoms with E-state index in [-0.39, 0.29) is 18.8 Å². The number of benzene rings is 2. The number of amides is 2. The third-order valence-corrected chi connectivity index (χ3v) is 4.60. The van der Waals surface area contributed by atoms with Crippen LogP contribution >= 0.6 is 0 Å². The van der Waals surface area contributed by atoms with Gasteiger partial charge in [-0.05, 0) is 30.7 Å². The van der Waals surface area contributed by atoms with Crippen molar-refractivity contribution >= 4 is 12.0 Å². The van der Waals surface area contributed by atoms with Crippen molar-refractivity contribution in [2.45, 2.75) is 12.6 Å². The molecule has 0 aliphatic carbocycles. The fourth-order valence-corrected chi connectivity index (χ4v) is 3.06. The predicted molar refractivity (Wildman–Crippen MR) is 102 cm³/mol. The standard InChI is InChI=1S/C21H21F3N2O4/c22-21(23,24)17-9-4-5-10-18(17)29-15-19(27)25-11-6-12-26(14-13-25)20(28)30-16-7-2-1-3-8-16/h1-5,7-10H,6,11-15H2. The molecule has 0 bridgehead atoms. The van der Waals surface area contributed by atoms with Gasteiger partial charge in [-0.2, -0.15) is 13.2 Å². The molecule has 160 valence electrons. The molecule has 1 aliphatic heterocycles. The average Bonchev–Trinajstić information content (AvgIpc) is 2.99. The van der Waals surface area contributed by atoms with Gasteiger partial charge in [0.1, 0.15) is 11.5 Å². The Labute approximate surface area is 171 Å². The van der Waals surface area contributed by atoms with Gasteiger partial charge in [-0.15, -0.1) is 0 Å². The van der Waals surface area contributed by atoms with Gasteiger partial charge in [-0.25, -0.2) is 4.79 Å². The zero-order chi connectivity index (χ0) is 21.6. The lowest BCUT2D eigenvalue weighted by Crippen LogP contribution is -2.40. The lowest BCUT2D eigenvalue weighted by molar-refractivity contribution is -0.141. The maximum atomic E-state index is 13.0. The molecule has 1 aliphatic rings. The summed E-state index contributed by atoms with van der Waals surface area (Å²) in [5.41, 5.74) is -0.927. The molecule has 6 nitrogen and oxygen atoms in total. The summed E-state index contributed by atoms with van der Waals surface area (Å²) in [4.78, 5) is 27.7. The number of halogens is 3. The molecule has 2 amide bonds. The first kappa shape index (κ1) is 21.5. The summed E-state index contributed by atoms with van der Waals surface area (Å²) in [5.74, 6) is -0.400. The van der Waals surface area contributed by atoms with Gasteiger partial charge >= 0.3 is 12.3 Å². The fraction of sp³-hybridized carbons (Fsp3) is 0.333. The van der Waals surface area contributed by atoms with Gasteiger partial charge in [-0.1, -0.05) is 30.3 Å². The minimum absolute atomic E-state index is 0.243. The van der Waals surface area contributed by atoms with Gasteiger partial charge in [0.25, 0.3) is 5.91 Å². The second-order valence-corrected chi connectivity index (χ2v) is 6.69. The van der Waals surface area contributed by atoms with Crippen LogP contribution in [-0.4, -0.2) is 54.6 Å². The Kier molecular flexibility index (Phi) is 6.81. The summed E-state index contributed by atoms with van der Waals surface area (Å²) in [7, 11) is 0. The van der Waals surface area contributed by atoms with Crippen LogP contribution in [0.25, 0.3) is 0 Å². The van der Waals surface area contributed by atoms with Crippen LogP contribution in [-0.2, 0) is 11.0 Å². The smallest absolute Gasteiger partial charge is 0.419 e. The molecule has 0 unspecified atom stereocenters. The highest BCUT2D eigenvalue weighted by atomic mass is 19.4. The Balaban J connectivity index is 1.53. The van der Waals surface area contributed by atoms with Crippen LogP contribution in [0.5, 0.6) is 11.5 Å². The van der Waals surface area contributed by atoms with Gasteiger partial charge in [-0.3, -0.25) is 4.79 Å². The van der Waals surface area contributed by atoms with E-state index in [9.17, 15) is 22.8 Å². The summed E-state index contributed by atoms with van der Waals surface area (Å²) in [5, 5.41) is 0. The Hall–Kier alpha value is -3.23. The van der Waals surface area contributed by atoms with Crippen molar-refractivity contribution in [2.75, 3.05) is 32.8 Å². The van der Waals surface area contributed by atoms with E-state index in [0.29, 0.717) is 25.3 Å². The first-order valence-corrected chi connectivity index (χ1v) is 9.43. The van der Waals surface area contributed by atoms with Gasteiger partial charge in [0.15, 0.2) is 6.61 Å². The average molecular weight is 422 g/mol. The van der Waals surface area contributed by atoms with Gasteiger partial charge in [0.2, 0.25) is 0 Å². The van der Waals surface area contributed by atoms with Crippen molar-refractivity contribution in [1.29, 1.82) is 0 Å². The number of hydrogen-bond donors (Lipinski definition) is 0. The molecule has 0 radical (unpaired) electrons. The van der Waals surface area contributed by atoms with Crippen LogP contribution in [0.1, 0.15) is 12.0 Å². The number of rotatable bonds is 4. The molecule has 30 heavy (non-hydrogen) atoms. The molecule has 1 heterocycles. The van der Waals surface area contributed by atoms with Crippen molar-refractivity contribution in [3.63, 3.8) is 0 Å². The largest absolute Gasteiger partial charge is 0.483 e. The van der Waals surface area contributed by atoms with Crippen LogP contribution < -0.4 is 9.47 Å². The minimum Gasteiger partial charge on any atom is -0.483 e. The van der Waals surface area contributed by atoms with Crippen LogP contribution in [0.2, 0.25) is 0 Å². The van der Waals surface area contributed by atoms with Gasteiger partial charge < -0.3 is 19.3 Å². The lowest BCUT2D eigenvalue weighted by Gasteiger charge is -2.22. The number of alkyl halides is 3. The van der Waals surface area contributed by atoms with Crippen molar-refractivity contribution < 1.29 is 32.2 Å². The van der Waals surface area contributed by atoms with Crippen molar-refractivity contribution in [1.82, 2.24) is 9.80 Å². The second kappa shape index (κ2) is 9.51. The minimum atomic E-state index is -4.57. The molecule has 0 aromatic heterocycles. The monoisotopic (exact) mass is 422 g/mol. The molecule has 0 saturated carbocycles. The second-order valence-electron chi connectivity index (χ2n) is 6.69. The summed E-state index contributed by atoms with van der Waals surface area (Å²) >= 11 is 0. The van der Waals surface area contributed by atoms with E-state index in [4.69, 9.17) is 9.47 Å². The number of carbonyl (C=O) groups excluding carboxylic acids is 2. The summed E-state index contributed by atoms with van der Waals surface area (Å²) in [6, 6.07) is 13.4. The molecule has 1 saturated heterocycles. The Morgan fingerprint density at radius 2 is 1.50 bits per heavy atom. The molecule has 1 fully saturated rings. The van der Waals surface area contributed by atoms with Crippen LogP contribution in [0.15, 0.2) is 54.6 Å². The molecular formula is C21H21F3N2O4.